The van der Waals surface area contributed by atoms with E-state index in [4.69, 9.17) is 27.9 Å². The molecule has 5 nitrogen and oxygen atoms in total. The second-order valence-corrected chi connectivity index (χ2v) is 8.68. The quantitative estimate of drug-likeness (QED) is 0.856. The topological polar surface area (TPSA) is 58.6 Å². The molecule has 0 spiro atoms. The van der Waals surface area contributed by atoms with E-state index in [0.29, 0.717) is 42.8 Å². The highest BCUT2D eigenvalue weighted by molar-refractivity contribution is 7.87. The molecule has 3 rings (SSSR count). The van der Waals surface area contributed by atoms with Crippen LogP contribution >= 0.6 is 23.2 Å². The summed E-state index contributed by atoms with van der Waals surface area (Å²) in [4.78, 5) is 0. The van der Waals surface area contributed by atoms with Gasteiger partial charge in [-0.2, -0.15) is 17.4 Å². The van der Waals surface area contributed by atoms with Crippen LogP contribution in [0, 0.1) is 0 Å². The first-order chi connectivity index (χ1) is 10.9. The van der Waals surface area contributed by atoms with Crippen LogP contribution in [0.3, 0.4) is 0 Å². The van der Waals surface area contributed by atoms with Crippen LogP contribution in [0.2, 0.25) is 10.0 Å². The van der Waals surface area contributed by atoms with E-state index < -0.39 is 15.7 Å². The Morgan fingerprint density at radius 2 is 1.91 bits per heavy atom. The van der Waals surface area contributed by atoms with Gasteiger partial charge in [-0.05, 0) is 43.4 Å². The Hall–Kier alpha value is -0.370. The maximum absolute atomic E-state index is 12.6. The fourth-order valence-electron chi connectivity index (χ4n) is 3.07. The molecule has 2 fully saturated rings. The van der Waals surface area contributed by atoms with Crippen molar-refractivity contribution in [3.8, 4) is 0 Å². The lowest BCUT2D eigenvalue weighted by Gasteiger charge is -2.44. The first kappa shape index (κ1) is 17.5. The summed E-state index contributed by atoms with van der Waals surface area (Å²) in [5.74, 6) is 0. The van der Waals surface area contributed by atoms with Crippen LogP contribution in [-0.2, 0) is 21.4 Å². The summed E-state index contributed by atoms with van der Waals surface area (Å²) in [5, 5.41) is 1.16. The van der Waals surface area contributed by atoms with Gasteiger partial charge < -0.3 is 4.74 Å². The van der Waals surface area contributed by atoms with Crippen molar-refractivity contribution in [1.82, 2.24) is 9.03 Å². The Bertz CT molecular complexity index is 671. The molecular weight excluding hydrogens is 359 g/mol. The molecule has 128 valence electrons. The molecule has 23 heavy (non-hydrogen) atoms. The first-order valence-electron chi connectivity index (χ1n) is 7.71. The van der Waals surface area contributed by atoms with Gasteiger partial charge in [-0.25, -0.2) is 0 Å². The van der Waals surface area contributed by atoms with E-state index in [2.05, 4.69) is 4.72 Å². The van der Waals surface area contributed by atoms with E-state index in [1.165, 1.54) is 4.31 Å². The second kappa shape index (κ2) is 6.86. The van der Waals surface area contributed by atoms with Crippen LogP contribution in [0.25, 0.3) is 0 Å². The van der Waals surface area contributed by atoms with Gasteiger partial charge in [0.1, 0.15) is 0 Å². The Morgan fingerprint density at radius 1 is 1.22 bits per heavy atom. The zero-order chi connectivity index (χ0) is 16.5. The molecule has 1 aliphatic carbocycles. The molecule has 1 heterocycles. The molecule has 0 atom stereocenters. The van der Waals surface area contributed by atoms with Crippen molar-refractivity contribution in [2.45, 2.75) is 31.2 Å². The summed E-state index contributed by atoms with van der Waals surface area (Å²) < 4.78 is 34.9. The van der Waals surface area contributed by atoms with E-state index in [9.17, 15) is 8.42 Å². The third-order valence-corrected chi connectivity index (χ3v) is 6.83. The van der Waals surface area contributed by atoms with Crippen LogP contribution in [0.15, 0.2) is 18.2 Å². The minimum absolute atomic E-state index is 0.396. The Kier molecular flexibility index (Phi) is 5.21. The zero-order valence-corrected chi connectivity index (χ0v) is 15.1. The maximum Gasteiger partial charge on any atom is 0.280 e. The van der Waals surface area contributed by atoms with Crippen molar-refractivity contribution in [3.63, 3.8) is 0 Å². The fourth-order valence-corrected chi connectivity index (χ4v) is 5.13. The fraction of sp³-hybridized carbons (Fsp3) is 0.600. The molecule has 1 aromatic rings. The standard InChI is InChI=1S/C15H20Cl2N2O3S/c16-13-3-2-12(14(17)10-13)11-15(4-1-5-15)18-23(20,21)19-6-8-22-9-7-19/h2-3,10,18H,1,4-9,11H2. The normalized spacial score (nSPS) is 21.8. The van der Waals surface area contributed by atoms with Crippen molar-refractivity contribution < 1.29 is 13.2 Å². The van der Waals surface area contributed by atoms with Gasteiger partial charge in [-0.1, -0.05) is 29.3 Å². The Labute approximate surface area is 147 Å². The SMILES string of the molecule is O=S(=O)(NC1(Cc2ccc(Cl)cc2Cl)CCC1)N1CCOCC1. The number of nitrogens with one attached hydrogen (secondary N) is 1. The molecule has 0 amide bonds. The number of hydrogen-bond donors (Lipinski definition) is 1. The molecule has 2 aliphatic rings. The maximum atomic E-state index is 12.6. The number of halogens is 2. The van der Waals surface area contributed by atoms with E-state index in [0.717, 1.165) is 24.8 Å². The highest BCUT2D eigenvalue weighted by Crippen LogP contribution is 2.38. The van der Waals surface area contributed by atoms with E-state index in [1.807, 2.05) is 6.07 Å². The van der Waals surface area contributed by atoms with E-state index in [1.54, 1.807) is 12.1 Å². The van der Waals surface area contributed by atoms with Crippen LogP contribution in [0.4, 0.5) is 0 Å². The highest BCUT2D eigenvalue weighted by Gasteiger charge is 2.42. The molecule has 0 unspecified atom stereocenters. The molecule has 0 radical (unpaired) electrons. The molecule has 0 bridgehead atoms. The van der Waals surface area contributed by atoms with E-state index >= 15 is 0 Å². The number of ether oxygens (including phenoxy) is 1. The molecule has 1 aliphatic heterocycles. The van der Waals surface area contributed by atoms with Gasteiger partial charge in [0, 0.05) is 28.7 Å². The number of hydrogen-bond acceptors (Lipinski definition) is 3. The molecular formula is C15H20Cl2N2O3S. The van der Waals surface area contributed by atoms with Crippen molar-refractivity contribution in [2.24, 2.45) is 0 Å². The van der Waals surface area contributed by atoms with Gasteiger partial charge in [0.05, 0.1) is 13.2 Å². The van der Waals surface area contributed by atoms with Crippen LogP contribution in [-0.4, -0.2) is 44.6 Å². The second-order valence-electron chi connectivity index (χ2n) is 6.16. The van der Waals surface area contributed by atoms with Crippen molar-refractivity contribution in [2.75, 3.05) is 26.3 Å². The number of morpholine rings is 1. The summed E-state index contributed by atoms with van der Waals surface area (Å²) in [5.41, 5.74) is 0.467. The van der Waals surface area contributed by atoms with Crippen molar-refractivity contribution in [3.05, 3.63) is 33.8 Å². The van der Waals surface area contributed by atoms with Gasteiger partial charge in [-0.3, -0.25) is 0 Å². The number of nitrogens with zero attached hydrogens (tertiary/aromatic N) is 1. The minimum Gasteiger partial charge on any atom is -0.379 e. The third-order valence-electron chi connectivity index (χ3n) is 4.51. The van der Waals surface area contributed by atoms with E-state index in [-0.39, 0.29) is 0 Å². The van der Waals surface area contributed by atoms with Crippen LogP contribution < -0.4 is 4.72 Å². The predicted molar refractivity (Wildman–Crippen MR) is 91.2 cm³/mol. The molecule has 8 heteroatoms. The lowest BCUT2D eigenvalue weighted by Crippen LogP contribution is -2.59. The molecule has 1 saturated carbocycles. The summed E-state index contributed by atoms with van der Waals surface area (Å²) in [7, 11) is -3.51. The summed E-state index contributed by atoms with van der Waals surface area (Å²) in [6, 6.07) is 5.35. The number of rotatable bonds is 5. The zero-order valence-electron chi connectivity index (χ0n) is 12.7. The van der Waals surface area contributed by atoms with Crippen molar-refractivity contribution in [1.29, 1.82) is 0 Å². The van der Waals surface area contributed by atoms with Gasteiger partial charge in [-0.15, -0.1) is 0 Å². The lowest BCUT2D eigenvalue weighted by molar-refractivity contribution is 0.0711. The minimum atomic E-state index is -3.51. The van der Waals surface area contributed by atoms with Gasteiger partial charge in [0.15, 0.2) is 0 Å². The Morgan fingerprint density at radius 3 is 2.48 bits per heavy atom. The monoisotopic (exact) mass is 378 g/mol. The number of benzene rings is 1. The Balaban J connectivity index is 1.75. The smallest absolute Gasteiger partial charge is 0.280 e. The first-order valence-corrected chi connectivity index (χ1v) is 9.91. The van der Waals surface area contributed by atoms with Gasteiger partial charge in [0.2, 0.25) is 0 Å². The lowest BCUT2D eigenvalue weighted by atomic mass is 9.74. The molecule has 1 N–H and O–H groups in total. The molecule has 0 aromatic heterocycles. The summed E-state index contributed by atoms with van der Waals surface area (Å²) in [6.45, 7) is 1.67. The molecule has 1 aromatic carbocycles. The van der Waals surface area contributed by atoms with Crippen molar-refractivity contribution >= 4 is 33.4 Å². The average Bonchev–Trinajstić information content (AvgIpc) is 2.48. The highest BCUT2D eigenvalue weighted by atomic mass is 35.5. The van der Waals surface area contributed by atoms with Crippen LogP contribution in [0.5, 0.6) is 0 Å². The third kappa shape index (κ3) is 4.00. The largest absolute Gasteiger partial charge is 0.379 e. The van der Waals surface area contributed by atoms with Gasteiger partial charge in [0.25, 0.3) is 10.2 Å². The average molecular weight is 379 g/mol. The summed E-state index contributed by atoms with van der Waals surface area (Å²) in [6.07, 6.45) is 3.22. The van der Waals surface area contributed by atoms with Crippen LogP contribution in [0.1, 0.15) is 24.8 Å². The summed E-state index contributed by atoms with van der Waals surface area (Å²) >= 11 is 12.2. The van der Waals surface area contributed by atoms with Gasteiger partial charge >= 0.3 is 0 Å². The molecule has 1 saturated heterocycles. The predicted octanol–water partition coefficient (Wildman–Crippen LogP) is 2.63.